The second-order valence-corrected chi connectivity index (χ2v) is 4.96. The number of hydrogen-bond donors (Lipinski definition) is 1. The van der Waals surface area contributed by atoms with Crippen LogP contribution in [0.2, 0.25) is 0 Å². The largest absolute Gasteiger partial charge is 0.355 e. The van der Waals surface area contributed by atoms with Crippen molar-refractivity contribution in [1.29, 1.82) is 0 Å². The van der Waals surface area contributed by atoms with Gasteiger partial charge >= 0.3 is 0 Å². The average molecular weight is 169 g/mol. The molecule has 2 rings (SSSR count). The Balaban J connectivity index is 2.08. The maximum Gasteiger partial charge on any atom is 0.120 e. The first-order valence-corrected chi connectivity index (χ1v) is 4.99. The summed E-state index contributed by atoms with van der Waals surface area (Å²) in [4.78, 5) is 0. The first-order chi connectivity index (χ1) is 5.52. The van der Waals surface area contributed by atoms with Crippen LogP contribution in [0.25, 0.3) is 0 Å². The molecule has 0 aromatic rings. The van der Waals surface area contributed by atoms with Gasteiger partial charge in [0.25, 0.3) is 0 Å². The van der Waals surface area contributed by atoms with Gasteiger partial charge in [0.15, 0.2) is 0 Å². The van der Waals surface area contributed by atoms with Crippen molar-refractivity contribution < 1.29 is 4.74 Å². The van der Waals surface area contributed by atoms with E-state index in [2.05, 4.69) is 26.1 Å². The van der Waals surface area contributed by atoms with E-state index in [0.717, 1.165) is 6.42 Å². The molecule has 1 aliphatic carbocycles. The Labute approximate surface area is 74.7 Å². The third kappa shape index (κ3) is 1.38. The molecule has 12 heavy (non-hydrogen) atoms. The lowest BCUT2D eigenvalue weighted by molar-refractivity contribution is -0.229. The van der Waals surface area contributed by atoms with Gasteiger partial charge in [-0.25, -0.2) is 0 Å². The Morgan fingerprint density at radius 1 is 1.33 bits per heavy atom. The predicted octanol–water partition coefficient (Wildman–Crippen LogP) is 2.04. The highest BCUT2D eigenvalue weighted by atomic mass is 16.5. The van der Waals surface area contributed by atoms with Crippen molar-refractivity contribution in [3.63, 3.8) is 0 Å². The van der Waals surface area contributed by atoms with Crippen LogP contribution in [0.5, 0.6) is 0 Å². The number of ether oxygens (including phenoxy) is 1. The molecule has 0 radical (unpaired) electrons. The number of hydrogen-bond acceptors (Lipinski definition) is 2. The molecule has 1 aliphatic heterocycles. The second kappa shape index (κ2) is 2.46. The highest BCUT2D eigenvalue weighted by Crippen LogP contribution is 2.41. The lowest BCUT2D eigenvalue weighted by Crippen LogP contribution is -2.64. The smallest absolute Gasteiger partial charge is 0.120 e. The highest BCUT2D eigenvalue weighted by Gasteiger charge is 2.46. The van der Waals surface area contributed by atoms with Crippen LogP contribution in [0.1, 0.15) is 46.5 Å². The summed E-state index contributed by atoms with van der Waals surface area (Å²) < 4.78 is 6.06. The van der Waals surface area contributed by atoms with E-state index < -0.39 is 0 Å². The molecule has 1 heterocycles. The first kappa shape index (κ1) is 8.52. The lowest BCUT2D eigenvalue weighted by atomic mass is 9.83. The Bertz CT molecular complexity index is 184. The maximum absolute atomic E-state index is 6.06. The number of nitrogens with one attached hydrogen (secondary N) is 1. The fraction of sp³-hybridized carbons (Fsp3) is 1.00. The monoisotopic (exact) mass is 169 g/mol. The van der Waals surface area contributed by atoms with Crippen LogP contribution in [0.15, 0.2) is 0 Å². The molecule has 2 fully saturated rings. The van der Waals surface area contributed by atoms with Crippen LogP contribution in [-0.4, -0.2) is 17.4 Å². The van der Waals surface area contributed by atoms with Crippen LogP contribution in [-0.2, 0) is 4.74 Å². The van der Waals surface area contributed by atoms with E-state index >= 15 is 0 Å². The standard InChI is InChI=1S/C10H19NO/c1-8-7-9(2,3)12-10(11-8)5-4-6-10/h8,11H,4-7H2,1-3H3. The van der Waals surface area contributed by atoms with Crippen LogP contribution < -0.4 is 5.32 Å². The van der Waals surface area contributed by atoms with Gasteiger partial charge in [-0.2, -0.15) is 0 Å². The summed E-state index contributed by atoms with van der Waals surface area (Å²) in [5, 5.41) is 3.56. The molecule has 1 N–H and O–H groups in total. The van der Waals surface area contributed by atoms with Gasteiger partial charge in [0, 0.05) is 6.04 Å². The van der Waals surface area contributed by atoms with Gasteiger partial charge in [0.05, 0.1) is 5.60 Å². The third-order valence-electron chi connectivity index (χ3n) is 2.94. The van der Waals surface area contributed by atoms with E-state index in [1.165, 1.54) is 19.3 Å². The Morgan fingerprint density at radius 2 is 2.00 bits per heavy atom. The van der Waals surface area contributed by atoms with E-state index in [4.69, 9.17) is 4.74 Å². The van der Waals surface area contributed by atoms with Gasteiger partial charge in [-0.1, -0.05) is 0 Å². The van der Waals surface area contributed by atoms with Crippen LogP contribution >= 0.6 is 0 Å². The molecule has 0 aromatic carbocycles. The SMILES string of the molecule is CC1CC(C)(C)OC2(CCC2)N1. The number of rotatable bonds is 0. The van der Waals surface area contributed by atoms with E-state index in [-0.39, 0.29) is 11.3 Å². The second-order valence-electron chi connectivity index (χ2n) is 4.96. The lowest BCUT2D eigenvalue weighted by Gasteiger charge is -2.53. The zero-order chi connectivity index (χ0) is 8.82. The fourth-order valence-electron chi connectivity index (χ4n) is 2.58. The quantitative estimate of drug-likeness (QED) is 0.599. The summed E-state index contributed by atoms with van der Waals surface area (Å²) in [7, 11) is 0. The summed E-state index contributed by atoms with van der Waals surface area (Å²) in [6.07, 6.45) is 4.83. The molecule has 1 saturated carbocycles. The molecule has 1 spiro atoms. The summed E-state index contributed by atoms with van der Waals surface area (Å²) in [6, 6.07) is 0.606. The minimum atomic E-state index is 0.0567. The molecule has 2 heteroatoms. The molecular weight excluding hydrogens is 150 g/mol. The van der Waals surface area contributed by atoms with E-state index in [9.17, 15) is 0 Å². The molecule has 0 bridgehead atoms. The third-order valence-corrected chi connectivity index (χ3v) is 2.94. The first-order valence-electron chi connectivity index (χ1n) is 4.99. The summed E-state index contributed by atoms with van der Waals surface area (Å²) in [5.74, 6) is 0. The fourth-order valence-corrected chi connectivity index (χ4v) is 2.58. The van der Waals surface area contributed by atoms with Gasteiger partial charge in [-0.05, 0) is 46.5 Å². The van der Waals surface area contributed by atoms with E-state index in [1.54, 1.807) is 0 Å². The Morgan fingerprint density at radius 3 is 2.42 bits per heavy atom. The van der Waals surface area contributed by atoms with Crippen molar-refractivity contribution in [2.45, 2.75) is 63.8 Å². The zero-order valence-electron chi connectivity index (χ0n) is 8.31. The van der Waals surface area contributed by atoms with Crippen molar-refractivity contribution >= 4 is 0 Å². The molecular formula is C10H19NO. The van der Waals surface area contributed by atoms with Gasteiger partial charge in [0.1, 0.15) is 5.72 Å². The van der Waals surface area contributed by atoms with E-state index in [0.29, 0.717) is 6.04 Å². The molecule has 0 aromatic heterocycles. The summed E-state index contributed by atoms with van der Waals surface area (Å²) >= 11 is 0. The van der Waals surface area contributed by atoms with Crippen molar-refractivity contribution in [3.05, 3.63) is 0 Å². The average Bonchev–Trinajstić information content (AvgIpc) is 1.79. The normalized spacial score (nSPS) is 37.8. The van der Waals surface area contributed by atoms with Crippen molar-refractivity contribution in [1.82, 2.24) is 5.32 Å². The van der Waals surface area contributed by atoms with Crippen LogP contribution in [0.4, 0.5) is 0 Å². The summed E-state index contributed by atoms with van der Waals surface area (Å²) in [6.45, 7) is 6.65. The van der Waals surface area contributed by atoms with Crippen LogP contribution in [0.3, 0.4) is 0 Å². The van der Waals surface area contributed by atoms with Gasteiger partial charge in [-0.15, -0.1) is 0 Å². The molecule has 0 amide bonds. The van der Waals surface area contributed by atoms with Crippen molar-refractivity contribution in [3.8, 4) is 0 Å². The Hall–Kier alpha value is -0.0800. The molecule has 70 valence electrons. The zero-order valence-corrected chi connectivity index (χ0v) is 8.31. The molecule has 1 unspecified atom stereocenters. The summed E-state index contributed by atoms with van der Waals surface area (Å²) in [5.41, 5.74) is 0.131. The van der Waals surface area contributed by atoms with Gasteiger partial charge in [0.2, 0.25) is 0 Å². The topological polar surface area (TPSA) is 21.3 Å². The molecule has 1 saturated heterocycles. The maximum atomic E-state index is 6.06. The predicted molar refractivity (Wildman–Crippen MR) is 49.0 cm³/mol. The molecule has 2 aliphatic rings. The Kier molecular flexibility index (Phi) is 1.74. The van der Waals surface area contributed by atoms with Crippen LogP contribution in [0, 0.1) is 0 Å². The highest BCUT2D eigenvalue weighted by molar-refractivity contribution is 4.96. The minimum absolute atomic E-state index is 0.0567. The molecule has 1 atom stereocenters. The minimum Gasteiger partial charge on any atom is -0.355 e. The molecule has 2 nitrogen and oxygen atoms in total. The van der Waals surface area contributed by atoms with Crippen molar-refractivity contribution in [2.24, 2.45) is 0 Å². The van der Waals surface area contributed by atoms with Crippen molar-refractivity contribution in [2.75, 3.05) is 0 Å². The van der Waals surface area contributed by atoms with Gasteiger partial charge < -0.3 is 4.74 Å². The van der Waals surface area contributed by atoms with E-state index in [1.807, 2.05) is 0 Å². The van der Waals surface area contributed by atoms with Gasteiger partial charge in [-0.3, -0.25) is 5.32 Å².